The Kier molecular flexibility index (Phi) is 7.23. The second kappa shape index (κ2) is 10.7. The normalized spacial score (nSPS) is 10.6. The van der Waals surface area contributed by atoms with Crippen LogP contribution in [0.5, 0.6) is 11.8 Å². The first kappa shape index (κ1) is 23.1. The van der Waals surface area contributed by atoms with Crippen molar-refractivity contribution in [1.29, 1.82) is 0 Å². The Balaban J connectivity index is 1.33. The molecular weight excluding hydrogens is 462 g/mol. The topological polar surface area (TPSA) is 101 Å². The molecule has 0 atom stereocenters. The van der Waals surface area contributed by atoms with Gasteiger partial charge in [0.25, 0.3) is 0 Å². The number of halogens is 2. The van der Waals surface area contributed by atoms with E-state index in [1.165, 1.54) is 12.4 Å². The zero-order chi connectivity index (χ0) is 23.9. The Hall–Kier alpha value is -4.12. The van der Waals surface area contributed by atoms with Gasteiger partial charge in [-0.1, -0.05) is 18.3 Å². The summed E-state index contributed by atoms with van der Waals surface area (Å²) in [6.45, 7) is 2.98. The van der Waals surface area contributed by atoms with Crippen LogP contribution >= 0.6 is 11.3 Å². The number of nitrogens with one attached hydrogen (secondary N) is 3. The van der Waals surface area contributed by atoms with E-state index in [4.69, 9.17) is 4.74 Å². The molecule has 2 heterocycles. The number of rotatable bonds is 8. The number of thiazole rings is 1. The largest absolute Gasteiger partial charge is 0.424 e. The Morgan fingerprint density at radius 3 is 2.50 bits per heavy atom. The first-order valence-electron chi connectivity index (χ1n) is 10.3. The van der Waals surface area contributed by atoms with Crippen LogP contribution in [0.1, 0.15) is 13.3 Å². The molecule has 0 bridgehead atoms. The number of carbonyl (C=O) groups excluding carboxylic acids is 1. The summed E-state index contributed by atoms with van der Waals surface area (Å²) in [4.78, 5) is 25.5. The number of ether oxygens (including phenoxy) is 1. The highest BCUT2D eigenvalue weighted by Gasteiger charge is 2.10. The van der Waals surface area contributed by atoms with E-state index in [1.54, 1.807) is 23.5 Å². The van der Waals surface area contributed by atoms with Gasteiger partial charge in [-0.05, 0) is 48.4 Å². The number of carbonyl (C=O) groups is 1. The van der Waals surface area contributed by atoms with Crippen molar-refractivity contribution in [2.75, 3.05) is 22.5 Å². The van der Waals surface area contributed by atoms with Gasteiger partial charge in [0.05, 0.1) is 28.6 Å². The lowest BCUT2D eigenvalue weighted by atomic mass is 10.2. The number of anilines is 3. The third kappa shape index (κ3) is 6.01. The van der Waals surface area contributed by atoms with Gasteiger partial charge < -0.3 is 20.7 Å². The molecule has 34 heavy (non-hydrogen) atoms. The zero-order valence-electron chi connectivity index (χ0n) is 18.0. The van der Waals surface area contributed by atoms with Crippen molar-refractivity contribution >= 4 is 33.9 Å². The van der Waals surface area contributed by atoms with Gasteiger partial charge in [0.1, 0.15) is 17.4 Å². The van der Waals surface area contributed by atoms with E-state index in [9.17, 15) is 13.6 Å². The summed E-state index contributed by atoms with van der Waals surface area (Å²) in [5.74, 6) is -0.889. The molecular formula is C23H20F2N6O2S. The van der Waals surface area contributed by atoms with Gasteiger partial charge in [0.15, 0.2) is 5.13 Å². The molecule has 0 aliphatic rings. The molecule has 0 fully saturated rings. The van der Waals surface area contributed by atoms with Crippen molar-refractivity contribution < 1.29 is 18.3 Å². The first-order valence-corrected chi connectivity index (χ1v) is 11.1. The number of benzene rings is 2. The smallest absolute Gasteiger partial charge is 0.323 e. The average Bonchev–Trinajstić information content (AvgIpc) is 3.31. The van der Waals surface area contributed by atoms with Gasteiger partial charge in [-0.3, -0.25) is 0 Å². The molecule has 4 aromatic rings. The van der Waals surface area contributed by atoms with Crippen molar-refractivity contribution in [3.05, 3.63) is 72.7 Å². The van der Waals surface area contributed by atoms with Gasteiger partial charge in [-0.25, -0.2) is 28.5 Å². The maximum atomic E-state index is 13.6. The highest BCUT2D eigenvalue weighted by atomic mass is 32.1. The summed E-state index contributed by atoms with van der Waals surface area (Å²) in [5.41, 5.74) is 0.971. The maximum absolute atomic E-state index is 13.6. The lowest BCUT2D eigenvalue weighted by molar-refractivity contribution is 0.262. The molecule has 0 saturated carbocycles. The fraction of sp³-hybridized carbons (Fsp3) is 0.130. The fourth-order valence-electron chi connectivity index (χ4n) is 2.83. The molecule has 0 radical (unpaired) electrons. The van der Waals surface area contributed by atoms with E-state index in [-0.39, 0.29) is 17.4 Å². The van der Waals surface area contributed by atoms with E-state index in [0.717, 1.165) is 46.7 Å². The van der Waals surface area contributed by atoms with Gasteiger partial charge in [-0.2, -0.15) is 0 Å². The minimum atomic E-state index is -0.770. The quantitative estimate of drug-likeness (QED) is 0.279. The van der Waals surface area contributed by atoms with E-state index in [0.29, 0.717) is 5.75 Å². The molecule has 11 heteroatoms. The maximum Gasteiger partial charge on any atom is 0.323 e. The molecule has 8 nitrogen and oxygen atoms in total. The van der Waals surface area contributed by atoms with Crippen molar-refractivity contribution in [3.63, 3.8) is 0 Å². The Morgan fingerprint density at radius 2 is 1.76 bits per heavy atom. The summed E-state index contributed by atoms with van der Waals surface area (Å²) < 4.78 is 32.5. The number of amides is 2. The van der Waals surface area contributed by atoms with Gasteiger partial charge >= 0.3 is 12.0 Å². The molecule has 2 amide bonds. The van der Waals surface area contributed by atoms with Crippen LogP contribution < -0.4 is 20.7 Å². The number of hydrogen-bond acceptors (Lipinski definition) is 7. The molecule has 0 spiro atoms. The fourth-order valence-corrected chi connectivity index (χ4v) is 3.67. The predicted molar refractivity (Wildman–Crippen MR) is 127 cm³/mol. The van der Waals surface area contributed by atoms with Gasteiger partial charge in [0, 0.05) is 18.8 Å². The Morgan fingerprint density at radius 1 is 1.00 bits per heavy atom. The Bertz CT molecular complexity index is 1270. The summed E-state index contributed by atoms with van der Waals surface area (Å²) >= 11 is 1.58. The first-order chi connectivity index (χ1) is 16.5. The minimum absolute atomic E-state index is 0.0822. The summed E-state index contributed by atoms with van der Waals surface area (Å²) in [7, 11) is 0. The van der Waals surface area contributed by atoms with Crippen molar-refractivity contribution in [1.82, 2.24) is 15.0 Å². The molecule has 4 rings (SSSR count). The summed E-state index contributed by atoms with van der Waals surface area (Å²) in [6, 6.07) is 9.50. The minimum Gasteiger partial charge on any atom is -0.424 e. The van der Waals surface area contributed by atoms with Crippen LogP contribution in [0.15, 0.2) is 61.1 Å². The molecule has 0 aliphatic heterocycles. The highest BCUT2D eigenvalue weighted by Crippen LogP contribution is 2.30. The van der Waals surface area contributed by atoms with E-state index in [1.807, 2.05) is 18.3 Å². The number of hydrogen-bond donors (Lipinski definition) is 3. The average molecular weight is 483 g/mol. The predicted octanol–water partition coefficient (Wildman–Crippen LogP) is 6.14. The molecule has 0 aliphatic carbocycles. The molecule has 2 aromatic heterocycles. The van der Waals surface area contributed by atoms with Crippen LogP contribution in [-0.4, -0.2) is 27.5 Å². The molecule has 0 unspecified atom stereocenters. The number of urea groups is 1. The van der Waals surface area contributed by atoms with Crippen LogP contribution in [0.4, 0.5) is 30.1 Å². The standard InChI is InChI=1S/C23H20F2N6O2S/c1-2-9-26-23-29-13-20(34-23)14-3-6-17(7-4-14)33-22-27-11-16(12-28-22)30-21(32)31-19-10-15(24)5-8-18(19)25/h3-8,10-13H,2,9H2,1H3,(H,26,29)(H2,30,31,32). The van der Waals surface area contributed by atoms with Crippen molar-refractivity contribution in [3.8, 4) is 22.2 Å². The lowest BCUT2D eigenvalue weighted by Gasteiger charge is -2.09. The second-order valence-corrected chi connectivity index (χ2v) is 8.07. The summed E-state index contributed by atoms with van der Waals surface area (Å²) in [5, 5.41) is 8.81. The molecule has 0 saturated heterocycles. The highest BCUT2D eigenvalue weighted by molar-refractivity contribution is 7.18. The molecule has 174 valence electrons. The van der Waals surface area contributed by atoms with E-state index < -0.39 is 17.7 Å². The molecule has 3 N–H and O–H groups in total. The van der Waals surface area contributed by atoms with E-state index in [2.05, 4.69) is 37.8 Å². The third-order valence-electron chi connectivity index (χ3n) is 4.44. The van der Waals surface area contributed by atoms with Crippen LogP contribution in [0.2, 0.25) is 0 Å². The zero-order valence-corrected chi connectivity index (χ0v) is 18.8. The summed E-state index contributed by atoms with van der Waals surface area (Å²) in [6.07, 6.45) is 5.52. The SMILES string of the molecule is CCCNc1ncc(-c2ccc(Oc3ncc(NC(=O)Nc4cc(F)ccc4F)cn3)cc2)s1. The second-order valence-electron chi connectivity index (χ2n) is 7.04. The lowest BCUT2D eigenvalue weighted by Crippen LogP contribution is -2.20. The van der Waals surface area contributed by atoms with E-state index >= 15 is 0 Å². The van der Waals surface area contributed by atoms with Gasteiger partial charge in [0.2, 0.25) is 0 Å². The van der Waals surface area contributed by atoms with Crippen molar-refractivity contribution in [2.45, 2.75) is 13.3 Å². The van der Waals surface area contributed by atoms with Crippen LogP contribution in [-0.2, 0) is 0 Å². The molecule has 2 aromatic carbocycles. The van der Waals surface area contributed by atoms with Crippen molar-refractivity contribution in [2.24, 2.45) is 0 Å². The van der Waals surface area contributed by atoms with Crippen LogP contribution in [0, 0.1) is 11.6 Å². The number of aromatic nitrogens is 3. The third-order valence-corrected chi connectivity index (χ3v) is 5.45. The van der Waals surface area contributed by atoms with Crippen LogP contribution in [0.25, 0.3) is 10.4 Å². The monoisotopic (exact) mass is 482 g/mol. The number of nitrogens with zero attached hydrogens (tertiary/aromatic N) is 3. The van der Waals surface area contributed by atoms with Gasteiger partial charge in [-0.15, -0.1) is 0 Å². The Labute approximate surface area is 198 Å². The van der Waals surface area contributed by atoms with Crippen LogP contribution in [0.3, 0.4) is 0 Å².